The summed E-state index contributed by atoms with van der Waals surface area (Å²) in [5.74, 6) is 2.28. The fraction of sp³-hybridized carbons (Fsp3) is 1.00. The Balaban J connectivity index is 1.77. The van der Waals surface area contributed by atoms with Crippen LogP contribution in [0.15, 0.2) is 0 Å². The smallest absolute Gasteiger partial charge is 0.0302 e. The van der Waals surface area contributed by atoms with Crippen molar-refractivity contribution in [1.82, 2.24) is 5.32 Å². The summed E-state index contributed by atoms with van der Waals surface area (Å²) in [7, 11) is 0. The Hall–Kier alpha value is 0.310. The second-order valence-electron chi connectivity index (χ2n) is 5.11. The highest BCUT2D eigenvalue weighted by Crippen LogP contribution is 2.41. The van der Waals surface area contributed by atoms with Gasteiger partial charge in [0.2, 0.25) is 0 Å². The molecule has 0 aromatic rings. The van der Waals surface area contributed by atoms with Crippen LogP contribution in [-0.4, -0.2) is 22.6 Å². The molecule has 1 aliphatic carbocycles. The van der Waals surface area contributed by atoms with Crippen molar-refractivity contribution in [2.24, 2.45) is 5.92 Å². The van der Waals surface area contributed by atoms with Gasteiger partial charge in [0.15, 0.2) is 0 Å². The lowest BCUT2D eigenvalue weighted by molar-refractivity contribution is 0.219. The molecule has 1 aliphatic heterocycles. The van der Waals surface area contributed by atoms with Gasteiger partial charge in [-0.05, 0) is 39.5 Å². The van der Waals surface area contributed by atoms with Crippen molar-refractivity contribution in [3.8, 4) is 0 Å². The van der Waals surface area contributed by atoms with Gasteiger partial charge in [-0.15, -0.1) is 0 Å². The molecule has 13 heavy (non-hydrogen) atoms. The maximum atomic E-state index is 3.79. The summed E-state index contributed by atoms with van der Waals surface area (Å²) in [6, 6.07) is 1.51. The highest BCUT2D eigenvalue weighted by atomic mass is 32.2. The zero-order valence-corrected chi connectivity index (χ0v) is 9.79. The van der Waals surface area contributed by atoms with E-state index in [0.29, 0.717) is 4.75 Å². The van der Waals surface area contributed by atoms with Crippen molar-refractivity contribution < 1.29 is 0 Å². The summed E-state index contributed by atoms with van der Waals surface area (Å²) in [4.78, 5) is 0. The fourth-order valence-corrected chi connectivity index (χ4v) is 3.31. The molecule has 2 unspecified atom stereocenters. The molecule has 0 aromatic heterocycles. The van der Waals surface area contributed by atoms with E-state index in [2.05, 4.69) is 37.8 Å². The summed E-state index contributed by atoms with van der Waals surface area (Å²) in [5.41, 5.74) is 0. The maximum absolute atomic E-state index is 3.79. The third-order valence-electron chi connectivity index (χ3n) is 3.78. The van der Waals surface area contributed by atoms with E-state index in [1.54, 1.807) is 0 Å². The Morgan fingerprint density at radius 3 is 2.38 bits per heavy atom. The first-order chi connectivity index (χ1) is 6.09. The van der Waals surface area contributed by atoms with E-state index in [1.165, 1.54) is 25.0 Å². The SMILES string of the molecule is CC(NC1CSC1(C)C)C1CCC1. The Bertz CT molecular complexity index is 187. The van der Waals surface area contributed by atoms with Crippen LogP contribution in [0.2, 0.25) is 0 Å². The van der Waals surface area contributed by atoms with Gasteiger partial charge in [0.25, 0.3) is 0 Å². The van der Waals surface area contributed by atoms with Gasteiger partial charge in [-0.2, -0.15) is 11.8 Å². The Morgan fingerprint density at radius 2 is 2.08 bits per heavy atom. The van der Waals surface area contributed by atoms with Crippen molar-refractivity contribution in [3.63, 3.8) is 0 Å². The van der Waals surface area contributed by atoms with E-state index in [4.69, 9.17) is 0 Å². The molecule has 0 spiro atoms. The number of rotatable bonds is 3. The van der Waals surface area contributed by atoms with Crippen LogP contribution >= 0.6 is 11.8 Å². The minimum Gasteiger partial charge on any atom is -0.309 e. The molecular formula is C11H21NS. The van der Waals surface area contributed by atoms with E-state index in [9.17, 15) is 0 Å². The molecule has 2 heteroatoms. The molecule has 0 amide bonds. The quantitative estimate of drug-likeness (QED) is 0.750. The third-order valence-corrected chi connectivity index (χ3v) is 5.31. The van der Waals surface area contributed by atoms with E-state index in [1.807, 2.05) is 0 Å². The highest BCUT2D eigenvalue weighted by molar-refractivity contribution is 8.02. The largest absolute Gasteiger partial charge is 0.309 e. The van der Waals surface area contributed by atoms with Crippen molar-refractivity contribution in [3.05, 3.63) is 0 Å². The van der Waals surface area contributed by atoms with Crippen LogP contribution in [0.4, 0.5) is 0 Å². The Morgan fingerprint density at radius 1 is 1.38 bits per heavy atom. The van der Waals surface area contributed by atoms with Crippen molar-refractivity contribution in [1.29, 1.82) is 0 Å². The van der Waals surface area contributed by atoms with Crippen molar-refractivity contribution in [2.75, 3.05) is 5.75 Å². The third kappa shape index (κ3) is 1.89. The zero-order chi connectivity index (χ0) is 9.47. The lowest BCUT2D eigenvalue weighted by Gasteiger charge is -2.47. The lowest BCUT2D eigenvalue weighted by atomic mass is 9.80. The highest BCUT2D eigenvalue weighted by Gasteiger charge is 2.40. The maximum Gasteiger partial charge on any atom is 0.0302 e. The molecule has 2 atom stereocenters. The molecule has 0 bridgehead atoms. The topological polar surface area (TPSA) is 12.0 Å². The van der Waals surface area contributed by atoms with Crippen LogP contribution in [0.25, 0.3) is 0 Å². The van der Waals surface area contributed by atoms with Gasteiger partial charge in [0.1, 0.15) is 0 Å². The van der Waals surface area contributed by atoms with E-state index < -0.39 is 0 Å². The second-order valence-corrected chi connectivity index (χ2v) is 6.79. The first kappa shape index (κ1) is 9.85. The van der Waals surface area contributed by atoms with Crippen molar-refractivity contribution >= 4 is 11.8 Å². The van der Waals surface area contributed by atoms with Crippen LogP contribution < -0.4 is 5.32 Å². The van der Waals surface area contributed by atoms with Gasteiger partial charge >= 0.3 is 0 Å². The minimum absolute atomic E-state index is 0.484. The first-order valence-electron chi connectivity index (χ1n) is 5.49. The van der Waals surface area contributed by atoms with Gasteiger partial charge in [0, 0.05) is 22.6 Å². The zero-order valence-electron chi connectivity index (χ0n) is 8.97. The van der Waals surface area contributed by atoms with Gasteiger partial charge < -0.3 is 5.32 Å². The molecule has 2 rings (SSSR count). The normalized spacial score (nSPS) is 34.8. The van der Waals surface area contributed by atoms with E-state index >= 15 is 0 Å². The second kappa shape index (κ2) is 3.47. The predicted molar refractivity (Wildman–Crippen MR) is 60.3 cm³/mol. The number of hydrogen-bond acceptors (Lipinski definition) is 2. The number of hydrogen-bond donors (Lipinski definition) is 1. The van der Waals surface area contributed by atoms with Crippen LogP contribution in [-0.2, 0) is 0 Å². The monoisotopic (exact) mass is 199 g/mol. The van der Waals surface area contributed by atoms with Crippen LogP contribution in [0.1, 0.15) is 40.0 Å². The van der Waals surface area contributed by atoms with Crippen LogP contribution in [0, 0.1) is 5.92 Å². The molecule has 1 saturated heterocycles. The first-order valence-corrected chi connectivity index (χ1v) is 6.48. The average molecular weight is 199 g/mol. The van der Waals surface area contributed by atoms with Gasteiger partial charge in [-0.1, -0.05) is 6.42 Å². The molecule has 76 valence electrons. The van der Waals surface area contributed by atoms with Gasteiger partial charge in [0.05, 0.1) is 0 Å². The van der Waals surface area contributed by atoms with Crippen LogP contribution in [0.3, 0.4) is 0 Å². The summed E-state index contributed by atoms with van der Waals surface area (Å²) < 4.78 is 0.484. The molecule has 0 aromatic carbocycles. The number of nitrogens with one attached hydrogen (secondary N) is 1. The molecular weight excluding hydrogens is 178 g/mol. The van der Waals surface area contributed by atoms with Crippen molar-refractivity contribution in [2.45, 2.75) is 56.9 Å². The fourth-order valence-electron chi connectivity index (χ4n) is 2.14. The Labute approximate surface area is 86.0 Å². The molecule has 2 fully saturated rings. The van der Waals surface area contributed by atoms with Gasteiger partial charge in [-0.25, -0.2) is 0 Å². The standard InChI is InChI=1S/C11H21NS/c1-8(9-5-4-6-9)12-10-7-13-11(10,2)3/h8-10,12H,4-7H2,1-3H3. The molecule has 1 saturated carbocycles. The summed E-state index contributed by atoms with van der Waals surface area (Å²) in [6.07, 6.45) is 4.36. The molecule has 2 aliphatic rings. The van der Waals surface area contributed by atoms with Gasteiger partial charge in [-0.3, -0.25) is 0 Å². The summed E-state index contributed by atoms with van der Waals surface area (Å²) in [5, 5.41) is 3.79. The lowest BCUT2D eigenvalue weighted by Crippen LogP contribution is -2.58. The Kier molecular flexibility index (Phi) is 2.63. The van der Waals surface area contributed by atoms with E-state index in [-0.39, 0.29) is 0 Å². The summed E-state index contributed by atoms with van der Waals surface area (Å²) in [6.45, 7) is 7.07. The number of thioether (sulfide) groups is 1. The molecule has 1 N–H and O–H groups in total. The van der Waals surface area contributed by atoms with E-state index in [0.717, 1.165) is 18.0 Å². The molecule has 1 nitrogen and oxygen atoms in total. The minimum atomic E-state index is 0.484. The molecule has 0 radical (unpaired) electrons. The van der Waals surface area contributed by atoms with Crippen LogP contribution in [0.5, 0.6) is 0 Å². The molecule has 1 heterocycles. The summed E-state index contributed by atoms with van der Waals surface area (Å²) >= 11 is 2.09. The average Bonchev–Trinajstić information content (AvgIpc) is 1.95. The predicted octanol–water partition coefficient (Wildman–Crippen LogP) is 2.66.